The number of anilines is 1. The molecule has 0 aromatic heterocycles. The highest BCUT2D eigenvalue weighted by atomic mass is 35.5. The third kappa shape index (κ3) is 4.55. The summed E-state index contributed by atoms with van der Waals surface area (Å²) in [6.07, 6.45) is 0. The molecular weight excluding hydrogens is 303 g/mol. The smallest absolute Gasteiger partial charge is 0.241 e. The van der Waals surface area contributed by atoms with Crippen LogP contribution in [0.4, 0.5) is 10.1 Å². The Morgan fingerprint density at radius 2 is 1.64 bits per heavy atom. The lowest BCUT2D eigenvalue weighted by Gasteiger charge is -2.20. The molecule has 0 spiro atoms. The molecule has 2 atom stereocenters. The number of amides is 1. The van der Waals surface area contributed by atoms with Crippen molar-refractivity contribution in [2.75, 3.05) is 5.32 Å². The largest absolute Gasteiger partial charge is 0.325 e. The zero-order valence-electron chi connectivity index (χ0n) is 12.4. The van der Waals surface area contributed by atoms with Crippen LogP contribution in [0.15, 0.2) is 48.5 Å². The molecule has 0 aliphatic heterocycles. The molecule has 2 aromatic rings. The van der Waals surface area contributed by atoms with E-state index in [1.807, 2.05) is 31.2 Å². The van der Waals surface area contributed by atoms with Gasteiger partial charge in [-0.2, -0.15) is 0 Å². The average Bonchev–Trinajstić information content (AvgIpc) is 2.50. The van der Waals surface area contributed by atoms with Gasteiger partial charge in [-0.15, -0.1) is 0 Å². The highest BCUT2D eigenvalue weighted by Gasteiger charge is 2.16. The van der Waals surface area contributed by atoms with E-state index in [9.17, 15) is 9.18 Å². The van der Waals surface area contributed by atoms with Gasteiger partial charge in [0.05, 0.1) is 6.04 Å². The summed E-state index contributed by atoms with van der Waals surface area (Å²) in [5, 5.41) is 6.64. The topological polar surface area (TPSA) is 41.1 Å². The van der Waals surface area contributed by atoms with Gasteiger partial charge in [-0.25, -0.2) is 4.39 Å². The van der Waals surface area contributed by atoms with Crippen LogP contribution in [0.25, 0.3) is 0 Å². The van der Waals surface area contributed by atoms with E-state index in [4.69, 9.17) is 11.6 Å². The highest BCUT2D eigenvalue weighted by molar-refractivity contribution is 6.30. The lowest BCUT2D eigenvalue weighted by atomic mass is 10.1. The first-order valence-corrected chi connectivity index (χ1v) is 7.41. The van der Waals surface area contributed by atoms with Crippen LogP contribution >= 0.6 is 11.6 Å². The third-order valence-corrected chi connectivity index (χ3v) is 3.63. The maximum Gasteiger partial charge on any atom is 0.241 e. The number of carbonyl (C=O) groups is 1. The molecule has 0 saturated carbocycles. The van der Waals surface area contributed by atoms with E-state index < -0.39 is 6.04 Å². The Kier molecular flexibility index (Phi) is 5.52. The van der Waals surface area contributed by atoms with E-state index in [2.05, 4.69) is 10.6 Å². The predicted octanol–water partition coefficient (Wildman–Crippen LogP) is 4.16. The van der Waals surface area contributed by atoms with E-state index in [1.54, 1.807) is 6.92 Å². The van der Waals surface area contributed by atoms with Gasteiger partial charge in [0.25, 0.3) is 0 Å². The van der Waals surface area contributed by atoms with Crippen LogP contribution in [0, 0.1) is 5.82 Å². The summed E-state index contributed by atoms with van der Waals surface area (Å²) in [5.74, 6) is -0.507. The molecule has 1 amide bonds. The maximum atomic E-state index is 12.8. The lowest BCUT2D eigenvalue weighted by Crippen LogP contribution is -2.39. The van der Waals surface area contributed by atoms with Crippen molar-refractivity contribution in [2.45, 2.75) is 25.9 Å². The molecular formula is C17H18ClFN2O. The summed E-state index contributed by atoms with van der Waals surface area (Å²) < 4.78 is 12.8. The molecule has 116 valence electrons. The Balaban J connectivity index is 1.93. The molecule has 0 aliphatic rings. The van der Waals surface area contributed by atoms with Crippen LogP contribution in [-0.2, 0) is 4.79 Å². The molecule has 5 heteroatoms. The van der Waals surface area contributed by atoms with E-state index in [1.165, 1.54) is 24.3 Å². The zero-order valence-corrected chi connectivity index (χ0v) is 13.2. The number of hydrogen-bond acceptors (Lipinski definition) is 2. The molecule has 2 N–H and O–H groups in total. The third-order valence-electron chi connectivity index (χ3n) is 3.38. The molecule has 22 heavy (non-hydrogen) atoms. The second-order valence-electron chi connectivity index (χ2n) is 5.16. The fourth-order valence-corrected chi connectivity index (χ4v) is 2.21. The number of carbonyl (C=O) groups excluding carboxylic acids is 1. The Morgan fingerprint density at radius 3 is 2.23 bits per heavy atom. The van der Waals surface area contributed by atoms with Crippen molar-refractivity contribution in [3.63, 3.8) is 0 Å². The number of benzene rings is 2. The maximum absolute atomic E-state index is 12.8. The van der Waals surface area contributed by atoms with E-state index in [0.29, 0.717) is 10.7 Å². The number of nitrogens with one attached hydrogen (secondary N) is 2. The molecule has 0 aliphatic carbocycles. The van der Waals surface area contributed by atoms with Crippen LogP contribution in [0.1, 0.15) is 25.5 Å². The van der Waals surface area contributed by atoms with Gasteiger partial charge >= 0.3 is 0 Å². The van der Waals surface area contributed by atoms with Crippen molar-refractivity contribution < 1.29 is 9.18 Å². The van der Waals surface area contributed by atoms with Crippen molar-refractivity contribution in [1.29, 1.82) is 0 Å². The number of hydrogen-bond donors (Lipinski definition) is 2. The summed E-state index contributed by atoms with van der Waals surface area (Å²) in [5.41, 5.74) is 1.62. The van der Waals surface area contributed by atoms with Gasteiger partial charge < -0.3 is 5.32 Å². The lowest BCUT2D eigenvalue weighted by molar-refractivity contribution is -0.117. The van der Waals surface area contributed by atoms with Gasteiger partial charge in [0.1, 0.15) is 5.82 Å². The normalized spacial score (nSPS) is 13.5. The number of halogens is 2. The Labute approximate surface area is 134 Å². The van der Waals surface area contributed by atoms with Crippen LogP contribution in [0.2, 0.25) is 5.02 Å². The van der Waals surface area contributed by atoms with E-state index in [0.717, 1.165) is 5.56 Å². The second-order valence-corrected chi connectivity index (χ2v) is 5.59. The van der Waals surface area contributed by atoms with Gasteiger partial charge in [-0.1, -0.05) is 23.7 Å². The van der Waals surface area contributed by atoms with Crippen LogP contribution in [0.5, 0.6) is 0 Å². The molecule has 0 heterocycles. The minimum absolute atomic E-state index is 0.00577. The summed E-state index contributed by atoms with van der Waals surface area (Å²) in [4.78, 5) is 12.1. The minimum Gasteiger partial charge on any atom is -0.325 e. The van der Waals surface area contributed by atoms with Crippen molar-refractivity contribution in [3.8, 4) is 0 Å². The van der Waals surface area contributed by atoms with Crippen molar-refractivity contribution >= 4 is 23.2 Å². The first-order chi connectivity index (χ1) is 10.5. The van der Waals surface area contributed by atoms with Crippen LogP contribution in [0.3, 0.4) is 0 Å². The quantitative estimate of drug-likeness (QED) is 0.868. The molecule has 3 nitrogen and oxygen atoms in total. The van der Waals surface area contributed by atoms with Crippen molar-refractivity contribution in [3.05, 3.63) is 64.9 Å². The minimum atomic E-state index is -0.393. The standard InChI is InChI=1S/C17H18ClFN2O/c1-11(13-3-5-14(18)6-4-13)20-12(2)17(22)21-16-9-7-15(19)8-10-16/h3-12,20H,1-2H3,(H,21,22)/t11-,12+/m1/s1. The van der Waals surface area contributed by atoms with Gasteiger partial charge in [-0.3, -0.25) is 10.1 Å². The summed E-state index contributed by atoms with van der Waals surface area (Å²) >= 11 is 5.86. The Bertz CT molecular complexity index is 628. The SMILES string of the molecule is C[C@H](N[C@H](C)c1ccc(Cl)cc1)C(=O)Nc1ccc(F)cc1. The molecule has 0 bridgehead atoms. The number of rotatable bonds is 5. The summed E-state index contributed by atoms with van der Waals surface area (Å²) in [7, 11) is 0. The first-order valence-electron chi connectivity index (χ1n) is 7.03. The molecule has 0 unspecified atom stereocenters. The van der Waals surface area contributed by atoms with Crippen LogP contribution < -0.4 is 10.6 Å². The highest BCUT2D eigenvalue weighted by Crippen LogP contribution is 2.17. The summed E-state index contributed by atoms with van der Waals surface area (Å²) in [6, 6.07) is 12.8. The molecule has 0 saturated heterocycles. The molecule has 0 fully saturated rings. The van der Waals surface area contributed by atoms with Gasteiger partial charge in [0.15, 0.2) is 0 Å². The van der Waals surface area contributed by atoms with Gasteiger partial charge in [-0.05, 0) is 55.8 Å². The van der Waals surface area contributed by atoms with Crippen LogP contribution in [-0.4, -0.2) is 11.9 Å². The molecule has 0 radical (unpaired) electrons. The predicted molar refractivity (Wildman–Crippen MR) is 87.5 cm³/mol. The first kappa shape index (κ1) is 16.5. The monoisotopic (exact) mass is 320 g/mol. The zero-order chi connectivity index (χ0) is 16.1. The van der Waals surface area contributed by atoms with Crippen molar-refractivity contribution in [2.24, 2.45) is 0 Å². The second kappa shape index (κ2) is 7.38. The summed E-state index contributed by atoms with van der Waals surface area (Å²) in [6.45, 7) is 3.76. The van der Waals surface area contributed by atoms with Gasteiger partial charge in [0, 0.05) is 16.8 Å². The molecule has 2 aromatic carbocycles. The fourth-order valence-electron chi connectivity index (χ4n) is 2.08. The Hall–Kier alpha value is -1.91. The van der Waals surface area contributed by atoms with Gasteiger partial charge in [0.2, 0.25) is 5.91 Å². The van der Waals surface area contributed by atoms with E-state index >= 15 is 0 Å². The average molecular weight is 321 g/mol. The van der Waals surface area contributed by atoms with Crippen molar-refractivity contribution in [1.82, 2.24) is 5.32 Å². The van der Waals surface area contributed by atoms with E-state index in [-0.39, 0.29) is 17.8 Å². The Morgan fingerprint density at radius 1 is 1.05 bits per heavy atom. The fraction of sp³-hybridized carbons (Fsp3) is 0.235. The molecule has 2 rings (SSSR count).